The minimum absolute atomic E-state index is 0.115. The number of Topliss-reactive ketones (excluding diaryl/α,β-unsaturated/α-hetero) is 1. The van der Waals surface area contributed by atoms with E-state index in [1.165, 1.54) is 6.08 Å². The van der Waals surface area contributed by atoms with Crippen LogP contribution < -0.4 is 5.73 Å². The van der Waals surface area contributed by atoms with Crippen molar-refractivity contribution in [1.82, 2.24) is 0 Å². The van der Waals surface area contributed by atoms with Crippen LogP contribution in [0.1, 0.15) is 33.2 Å². The largest absolute Gasteiger partial charge is 0.398 e. The van der Waals surface area contributed by atoms with Gasteiger partial charge in [0.15, 0.2) is 11.6 Å². The van der Waals surface area contributed by atoms with Gasteiger partial charge in [0, 0.05) is 16.8 Å². The van der Waals surface area contributed by atoms with Gasteiger partial charge in [0.05, 0.1) is 5.56 Å². The molecule has 0 fully saturated rings. The number of benzene rings is 1. The number of anilines is 1. The molecule has 0 radical (unpaired) electrons. The van der Waals surface area contributed by atoms with Crippen LogP contribution in [0.4, 0.5) is 5.69 Å². The van der Waals surface area contributed by atoms with Gasteiger partial charge in [-0.15, -0.1) is 0 Å². The Morgan fingerprint density at radius 1 is 1.13 bits per heavy atom. The molecule has 2 N–H and O–H groups in total. The average molecular weight is 201 g/mol. The second-order valence-corrected chi connectivity index (χ2v) is 3.74. The SMILES string of the molecule is CC1=CC(=O)c2c(ccc(C)c2N)C1=O. The predicted molar refractivity (Wildman–Crippen MR) is 58.0 cm³/mol. The predicted octanol–water partition coefficient (Wildman–Crippen LogP) is 1.90. The molecular weight excluding hydrogens is 190 g/mol. The molecule has 0 saturated heterocycles. The highest BCUT2D eigenvalue weighted by Gasteiger charge is 2.25. The maximum atomic E-state index is 11.7. The summed E-state index contributed by atoms with van der Waals surface area (Å²) < 4.78 is 0. The number of hydrogen-bond acceptors (Lipinski definition) is 3. The monoisotopic (exact) mass is 201 g/mol. The summed E-state index contributed by atoms with van der Waals surface area (Å²) in [6.45, 7) is 3.46. The van der Waals surface area contributed by atoms with Crippen molar-refractivity contribution in [3.05, 3.63) is 40.5 Å². The summed E-state index contributed by atoms with van der Waals surface area (Å²) in [5.74, 6) is -0.292. The molecule has 2 rings (SSSR count). The zero-order chi connectivity index (χ0) is 11.2. The smallest absolute Gasteiger partial charge is 0.189 e. The Morgan fingerprint density at radius 3 is 2.47 bits per heavy atom. The standard InChI is InChI=1S/C12H11NO2/c1-6-3-4-8-10(11(6)13)9(14)5-7(2)12(8)15/h3-5H,13H2,1-2H3. The molecule has 15 heavy (non-hydrogen) atoms. The van der Waals surface area contributed by atoms with Gasteiger partial charge in [-0.2, -0.15) is 0 Å². The zero-order valence-corrected chi connectivity index (χ0v) is 8.63. The molecule has 0 aliphatic heterocycles. The van der Waals surface area contributed by atoms with Crippen LogP contribution >= 0.6 is 0 Å². The third-order valence-electron chi connectivity index (χ3n) is 2.66. The Balaban J connectivity index is 2.78. The Labute approximate surface area is 87.6 Å². The summed E-state index contributed by atoms with van der Waals surface area (Å²) in [5.41, 5.74) is 8.27. The number of fused-ring (bicyclic) bond motifs is 1. The van der Waals surface area contributed by atoms with Crippen molar-refractivity contribution in [2.75, 3.05) is 5.73 Å². The molecule has 3 heteroatoms. The van der Waals surface area contributed by atoms with Crippen LogP contribution in [-0.2, 0) is 0 Å². The van der Waals surface area contributed by atoms with Crippen molar-refractivity contribution in [1.29, 1.82) is 0 Å². The zero-order valence-electron chi connectivity index (χ0n) is 8.63. The first-order valence-corrected chi connectivity index (χ1v) is 4.68. The number of nitrogen functional groups attached to an aromatic ring is 1. The molecule has 1 aliphatic rings. The molecule has 0 unspecified atom stereocenters. The van der Waals surface area contributed by atoms with E-state index in [4.69, 9.17) is 5.73 Å². The van der Waals surface area contributed by atoms with Gasteiger partial charge in [-0.3, -0.25) is 9.59 Å². The van der Waals surface area contributed by atoms with Gasteiger partial charge in [-0.05, 0) is 31.6 Å². The van der Waals surface area contributed by atoms with Crippen LogP contribution in [0.5, 0.6) is 0 Å². The first-order chi connectivity index (χ1) is 7.02. The molecule has 3 nitrogen and oxygen atoms in total. The van der Waals surface area contributed by atoms with Gasteiger partial charge in [0.25, 0.3) is 0 Å². The Morgan fingerprint density at radius 2 is 1.80 bits per heavy atom. The third kappa shape index (κ3) is 1.28. The molecule has 0 aromatic heterocycles. The Hall–Kier alpha value is -1.90. The molecule has 0 saturated carbocycles. The number of nitrogens with two attached hydrogens (primary N) is 1. The lowest BCUT2D eigenvalue weighted by Gasteiger charge is -2.15. The number of rotatable bonds is 0. The number of aryl methyl sites for hydroxylation is 1. The van der Waals surface area contributed by atoms with E-state index in [-0.39, 0.29) is 11.6 Å². The summed E-state index contributed by atoms with van der Waals surface area (Å²) in [4.78, 5) is 23.5. The highest BCUT2D eigenvalue weighted by molar-refractivity contribution is 6.26. The summed E-state index contributed by atoms with van der Waals surface area (Å²) in [6, 6.07) is 3.43. The minimum Gasteiger partial charge on any atom is -0.398 e. The molecule has 1 aromatic carbocycles. The lowest BCUT2D eigenvalue weighted by Crippen LogP contribution is -2.18. The van der Waals surface area contributed by atoms with Gasteiger partial charge < -0.3 is 5.73 Å². The highest BCUT2D eigenvalue weighted by atomic mass is 16.1. The molecular formula is C12H11NO2. The van der Waals surface area contributed by atoms with E-state index in [1.54, 1.807) is 19.1 Å². The maximum absolute atomic E-state index is 11.7. The van der Waals surface area contributed by atoms with Crippen LogP contribution in [0.15, 0.2) is 23.8 Å². The van der Waals surface area contributed by atoms with Crippen molar-refractivity contribution < 1.29 is 9.59 Å². The van der Waals surface area contributed by atoms with E-state index in [9.17, 15) is 9.59 Å². The molecule has 0 spiro atoms. The minimum atomic E-state index is -0.178. The second-order valence-electron chi connectivity index (χ2n) is 3.74. The Bertz CT molecular complexity index is 513. The summed E-state index contributed by atoms with van der Waals surface area (Å²) in [6.07, 6.45) is 1.35. The van der Waals surface area contributed by atoms with Crippen LogP contribution in [0.2, 0.25) is 0 Å². The molecule has 0 bridgehead atoms. The van der Waals surface area contributed by atoms with E-state index >= 15 is 0 Å². The van der Waals surface area contributed by atoms with Crippen LogP contribution in [0.25, 0.3) is 0 Å². The third-order valence-corrected chi connectivity index (χ3v) is 2.66. The van der Waals surface area contributed by atoms with Crippen molar-refractivity contribution in [3.63, 3.8) is 0 Å². The van der Waals surface area contributed by atoms with Gasteiger partial charge in [0.1, 0.15) is 0 Å². The lowest BCUT2D eigenvalue weighted by molar-refractivity contribution is 0.0985. The van der Waals surface area contributed by atoms with Gasteiger partial charge >= 0.3 is 0 Å². The van der Waals surface area contributed by atoms with Crippen LogP contribution in [0, 0.1) is 6.92 Å². The topological polar surface area (TPSA) is 60.2 Å². The highest BCUT2D eigenvalue weighted by Crippen LogP contribution is 2.27. The Kier molecular flexibility index (Phi) is 1.96. The lowest BCUT2D eigenvalue weighted by atomic mass is 9.88. The van der Waals surface area contributed by atoms with E-state index < -0.39 is 0 Å². The van der Waals surface area contributed by atoms with Crippen molar-refractivity contribution in [2.45, 2.75) is 13.8 Å². The number of carbonyl (C=O) groups is 2. The molecule has 0 atom stereocenters. The number of hydrogen-bond donors (Lipinski definition) is 1. The van der Waals surface area contributed by atoms with Gasteiger partial charge in [-0.25, -0.2) is 0 Å². The normalized spacial score (nSPS) is 14.9. The van der Waals surface area contributed by atoms with Crippen LogP contribution in [0.3, 0.4) is 0 Å². The number of carbonyl (C=O) groups excluding carboxylic acids is 2. The van der Waals surface area contributed by atoms with Crippen molar-refractivity contribution >= 4 is 17.3 Å². The van der Waals surface area contributed by atoms with E-state index in [1.807, 2.05) is 6.92 Å². The summed E-state index contributed by atoms with van der Waals surface area (Å²) >= 11 is 0. The second kappa shape index (κ2) is 3.05. The number of allylic oxidation sites excluding steroid dienone is 2. The van der Waals surface area contributed by atoms with Crippen molar-refractivity contribution in [3.8, 4) is 0 Å². The summed E-state index contributed by atoms with van der Waals surface area (Å²) in [5, 5.41) is 0. The average Bonchev–Trinajstić information content (AvgIpc) is 2.18. The summed E-state index contributed by atoms with van der Waals surface area (Å²) in [7, 11) is 0. The van der Waals surface area contributed by atoms with Gasteiger partial charge in [0.2, 0.25) is 0 Å². The molecule has 0 amide bonds. The fourth-order valence-corrected chi connectivity index (χ4v) is 1.73. The molecule has 0 heterocycles. The first-order valence-electron chi connectivity index (χ1n) is 4.68. The van der Waals surface area contributed by atoms with E-state index in [2.05, 4.69) is 0 Å². The fraction of sp³-hybridized carbons (Fsp3) is 0.167. The van der Waals surface area contributed by atoms with Crippen LogP contribution in [-0.4, -0.2) is 11.6 Å². The molecule has 76 valence electrons. The van der Waals surface area contributed by atoms with E-state index in [0.29, 0.717) is 22.4 Å². The van der Waals surface area contributed by atoms with Crippen molar-refractivity contribution in [2.24, 2.45) is 0 Å². The maximum Gasteiger partial charge on any atom is 0.189 e. The quantitative estimate of drug-likeness (QED) is 0.652. The number of ketones is 2. The van der Waals surface area contributed by atoms with Gasteiger partial charge in [-0.1, -0.05) is 6.07 Å². The fourth-order valence-electron chi connectivity index (χ4n) is 1.73. The molecule has 1 aliphatic carbocycles. The first kappa shape index (κ1) is 9.65. The van der Waals surface area contributed by atoms with E-state index in [0.717, 1.165) is 5.56 Å². The molecule has 1 aromatic rings.